The highest BCUT2D eigenvalue weighted by molar-refractivity contribution is 5.97. The lowest BCUT2D eigenvalue weighted by Gasteiger charge is -2.43. The molecule has 5 aliphatic rings. The summed E-state index contributed by atoms with van der Waals surface area (Å²) in [5, 5.41) is 6.97. The van der Waals surface area contributed by atoms with Crippen molar-refractivity contribution in [2.75, 3.05) is 68.5 Å². The van der Waals surface area contributed by atoms with Gasteiger partial charge in [0.2, 0.25) is 0 Å². The Kier molecular flexibility index (Phi) is 8.56. The first-order chi connectivity index (χ1) is 23.5. The number of ether oxygens (including phenoxy) is 2. The summed E-state index contributed by atoms with van der Waals surface area (Å²) in [6.45, 7) is 7.68. The zero-order chi connectivity index (χ0) is 32.7. The van der Waals surface area contributed by atoms with E-state index in [4.69, 9.17) is 25.2 Å². The quantitative estimate of drug-likeness (QED) is 0.290. The molecular formula is C36H47N9O3. The van der Waals surface area contributed by atoms with Gasteiger partial charge in [0.25, 0.3) is 5.91 Å². The van der Waals surface area contributed by atoms with Gasteiger partial charge in [-0.2, -0.15) is 0 Å². The van der Waals surface area contributed by atoms with Crippen molar-refractivity contribution in [2.45, 2.75) is 75.1 Å². The van der Waals surface area contributed by atoms with Crippen LogP contribution in [-0.4, -0.2) is 107 Å². The lowest BCUT2D eigenvalue weighted by molar-refractivity contribution is -0.00884. The molecule has 4 N–H and O–H groups in total. The SMILES string of the molecule is COc1cccnc1-c1nc(C(N)=O)c(Nc2ccc(N3CCC(N4CCN(C5CC5)CC4)CC3)cc2)nc1NC1CCOC2(CC2)C1. The van der Waals surface area contributed by atoms with Crippen LogP contribution in [0.1, 0.15) is 61.9 Å². The third-order valence-corrected chi connectivity index (χ3v) is 10.9. The van der Waals surface area contributed by atoms with Crippen molar-refractivity contribution in [2.24, 2.45) is 5.73 Å². The Balaban J connectivity index is 0.985. The molecule has 0 radical (unpaired) electrons. The first-order valence-electron chi connectivity index (χ1n) is 17.7. The molecule has 2 saturated carbocycles. The second-order valence-corrected chi connectivity index (χ2v) is 14.1. The van der Waals surface area contributed by atoms with Crippen LogP contribution < -0.4 is 26.0 Å². The number of primary amides is 1. The van der Waals surface area contributed by atoms with E-state index in [1.165, 1.54) is 57.5 Å². The molecule has 5 heterocycles. The highest BCUT2D eigenvalue weighted by Crippen LogP contribution is 2.47. The van der Waals surface area contributed by atoms with Crippen LogP contribution in [-0.2, 0) is 4.74 Å². The molecule has 3 aromatic rings. The summed E-state index contributed by atoms with van der Waals surface area (Å²) in [7, 11) is 1.59. The van der Waals surface area contributed by atoms with Gasteiger partial charge >= 0.3 is 0 Å². The Morgan fingerprint density at radius 2 is 1.60 bits per heavy atom. The smallest absolute Gasteiger partial charge is 0.271 e. The molecule has 8 rings (SSSR count). The number of piperazine rings is 1. The van der Waals surface area contributed by atoms with Gasteiger partial charge in [-0.3, -0.25) is 19.6 Å². The summed E-state index contributed by atoms with van der Waals surface area (Å²) in [5.41, 5.74) is 8.82. The molecule has 254 valence electrons. The molecule has 1 aromatic carbocycles. The van der Waals surface area contributed by atoms with Crippen LogP contribution in [0.4, 0.5) is 23.0 Å². The van der Waals surface area contributed by atoms with Crippen LogP contribution in [0.5, 0.6) is 5.75 Å². The molecule has 5 fully saturated rings. The number of benzene rings is 1. The van der Waals surface area contributed by atoms with E-state index >= 15 is 0 Å². The molecule has 2 aromatic heterocycles. The lowest BCUT2D eigenvalue weighted by Crippen LogP contribution is -2.53. The minimum absolute atomic E-state index is 0.0253. The fourth-order valence-electron chi connectivity index (χ4n) is 7.81. The highest BCUT2D eigenvalue weighted by Gasteiger charge is 2.48. The summed E-state index contributed by atoms with van der Waals surface area (Å²) in [6.07, 6.45) is 10.8. The number of amides is 1. The van der Waals surface area contributed by atoms with E-state index in [0.29, 0.717) is 41.4 Å². The molecule has 48 heavy (non-hydrogen) atoms. The van der Waals surface area contributed by atoms with Gasteiger partial charge in [-0.25, -0.2) is 9.97 Å². The molecule has 12 nitrogen and oxygen atoms in total. The van der Waals surface area contributed by atoms with Gasteiger partial charge in [-0.15, -0.1) is 0 Å². The zero-order valence-corrected chi connectivity index (χ0v) is 27.9. The van der Waals surface area contributed by atoms with E-state index in [9.17, 15) is 4.79 Å². The molecule has 1 atom stereocenters. The van der Waals surface area contributed by atoms with Crippen molar-refractivity contribution in [1.29, 1.82) is 0 Å². The Morgan fingerprint density at radius 1 is 0.896 bits per heavy atom. The van der Waals surface area contributed by atoms with Crippen molar-refractivity contribution in [3.05, 3.63) is 48.3 Å². The summed E-state index contributed by atoms with van der Waals surface area (Å²) in [6, 6.07) is 13.7. The molecular weight excluding hydrogens is 606 g/mol. The van der Waals surface area contributed by atoms with Crippen LogP contribution in [0, 0.1) is 0 Å². The molecule has 1 amide bonds. The predicted molar refractivity (Wildman–Crippen MR) is 186 cm³/mol. The van der Waals surface area contributed by atoms with E-state index in [-0.39, 0.29) is 17.3 Å². The van der Waals surface area contributed by atoms with Crippen molar-refractivity contribution in [3.63, 3.8) is 0 Å². The molecule has 1 spiro atoms. The second-order valence-electron chi connectivity index (χ2n) is 14.1. The van der Waals surface area contributed by atoms with E-state index in [2.05, 4.69) is 42.5 Å². The van der Waals surface area contributed by atoms with E-state index in [0.717, 1.165) is 50.5 Å². The fourth-order valence-corrected chi connectivity index (χ4v) is 7.81. The lowest BCUT2D eigenvalue weighted by atomic mass is 10.0. The van der Waals surface area contributed by atoms with Crippen LogP contribution in [0.15, 0.2) is 42.6 Å². The monoisotopic (exact) mass is 653 g/mol. The van der Waals surface area contributed by atoms with Crippen LogP contribution >= 0.6 is 0 Å². The summed E-state index contributed by atoms with van der Waals surface area (Å²) in [4.78, 5) is 34.9. The number of carbonyl (C=O) groups is 1. The molecule has 1 unspecified atom stereocenters. The molecule has 3 saturated heterocycles. The van der Waals surface area contributed by atoms with Gasteiger partial charge in [0.15, 0.2) is 17.3 Å². The second kappa shape index (κ2) is 13.1. The van der Waals surface area contributed by atoms with Gasteiger partial charge in [-0.1, -0.05) is 0 Å². The van der Waals surface area contributed by atoms with E-state index < -0.39 is 5.91 Å². The van der Waals surface area contributed by atoms with Crippen LogP contribution in [0.3, 0.4) is 0 Å². The zero-order valence-electron chi connectivity index (χ0n) is 27.9. The standard InChI is InChI=1S/C36H47N9O3/c1-47-29-3-2-15-38-30(29)31-34(40-25-12-22-48-36(23-25)13-14-36)42-35(32(41-31)33(37)46)39-24-4-6-26(7-5-24)43-16-10-28(11-17-43)45-20-18-44(19-21-45)27-8-9-27/h2-7,15,25,27-28H,8-14,16-23H2,1H3,(H2,37,46)(H2,39,40,42). The number of nitrogens with two attached hydrogens (primary N) is 1. The number of aromatic nitrogens is 3. The number of nitrogens with one attached hydrogen (secondary N) is 2. The van der Waals surface area contributed by atoms with Gasteiger partial charge in [-0.05, 0) is 87.8 Å². The van der Waals surface area contributed by atoms with E-state index in [1.54, 1.807) is 19.4 Å². The summed E-state index contributed by atoms with van der Waals surface area (Å²) in [5.74, 6) is 0.680. The summed E-state index contributed by atoms with van der Waals surface area (Å²) >= 11 is 0. The fraction of sp³-hybridized carbons (Fsp3) is 0.556. The van der Waals surface area contributed by atoms with Crippen molar-refractivity contribution < 1.29 is 14.3 Å². The number of anilines is 4. The first-order valence-corrected chi connectivity index (χ1v) is 17.7. The summed E-state index contributed by atoms with van der Waals surface area (Å²) < 4.78 is 11.7. The third kappa shape index (κ3) is 6.65. The first kappa shape index (κ1) is 31.3. The van der Waals surface area contributed by atoms with E-state index in [1.807, 2.05) is 18.2 Å². The normalized spacial score (nSPS) is 23.2. The average Bonchev–Trinajstić information content (AvgIpc) is 4.07. The Hall–Kier alpha value is -4.00. The average molecular weight is 654 g/mol. The molecule has 2 aliphatic carbocycles. The number of rotatable bonds is 10. The third-order valence-electron chi connectivity index (χ3n) is 10.9. The van der Waals surface area contributed by atoms with Crippen LogP contribution in [0.2, 0.25) is 0 Å². The Labute approximate surface area is 282 Å². The molecule has 0 bridgehead atoms. The van der Waals surface area contributed by atoms with Crippen LogP contribution in [0.25, 0.3) is 11.4 Å². The maximum atomic E-state index is 12.8. The van der Waals surface area contributed by atoms with Gasteiger partial charge in [0, 0.05) is 81.6 Å². The number of hydrogen-bond donors (Lipinski definition) is 3. The van der Waals surface area contributed by atoms with Gasteiger partial charge < -0.3 is 30.7 Å². The number of hydrogen-bond acceptors (Lipinski definition) is 11. The van der Waals surface area contributed by atoms with Crippen molar-refractivity contribution in [1.82, 2.24) is 24.8 Å². The Bertz CT molecular complexity index is 1610. The van der Waals surface area contributed by atoms with Crippen molar-refractivity contribution in [3.8, 4) is 17.1 Å². The number of carbonyl (C=O) groups excluding carboxylic acids is 1. The minimum atomic E-state index is -0.677. The number of piperidine rings is 1. The highest BCUT2D eigenvalue weighted by atomic mass is 16.5. The number of methoxy groups -OCH3 is 1. The number of nitrogens with zero attached hydrogens (tertiary/aromatic N) is 6. The number of pyridine rings is 1. The Morgan fingerprint density at radius 3 is 2.25 bits per heavy atom. The van der Waals surface area contributed by atoms with Gasteiger partial charge in [0.1, 0.15) is 17.1 Å². The topological polar surface area (TPSA) is 134 Å². The maximum absolute atomic E-state index is 12.8. The maximum Gasteiger partial charge on any atom is 0.271 e. The van der Waals surface area contributed by atoms with Gasteiger partial charge in [0.05, 0.1) is 12.7 Å². The molecule has 12 heteroatoms. The minimum Gasteiger partial charge on any atom is -0.494 e. The molecule has 3 aliphatic heterocycles. The predicted octanol–water partition coefficient (Wildman–Crippen LogP) is 4.26. The largest absolute Gasteiger partial charge is 0.494 e. The van der Waals surface area contributed by atoms with Crippen molar-refractivity contribution >= 4 is 28.9 Å².